The highest BCUT2D eigenvalue weighted by Crippen LogP contribution is 2.34. The van der Waals surface area contributed by atoms with Gasteiger partial charge >= 0.3 is 0 Å². The van der Waals surface area contributed by atoms with Gasteiger partial charge in [-0.25, -0.2) is 0 Å². The van der Waals surface area contributed by atoms with Gasteiger partial charge in [-0.3, -0.25) is 4.90 Å². The van der Waals surface area contributed by atoms with Crippen molar-refractivity contribution < 1.29 is 0 Å². The monoisotopic (exact) mass is 266 g/mol. The van der Waals surface area contributed by atoms with Gasteiger partial charge in [-0.15, -0.1) is 0 Å². The first-order valence-electron chi connectivity index (χ1n) is 7.46. The molecule has 2 atom stereocenters. The fourth-order valence-corrected chi connectivity index (χ4v) is 3.17. The molecule has 2 unspecified atom stereocenters. The lowest BCUT2D eigenvalue weighted by Gasteiger charge is -2.33. The average Bonchev–Trinajstić information content (AvgIpc) is 3.03. The van der Waals surface area contributed by atoms with Crippen LogP contribution in [-0.2, 0) is 0 Å². The van der Waals surface area contributed by atoms with E-state index in [1.165, 1.54) is 24.0 Å². The molecule has 1 saturated heterocycles. The van der Waals surface area contributed by atoms with E-state index in [9.17, 15) is 0 Å². The number of rotatable bonds is 4. The van der Waals surface area contributed by atoms with Gasteiger partial charge in [0.05, 0.1) is 6.04 Å². The van der Waals surface area contributed by atoms with E-state index in [0.717, 1.165) is 13.1 Å². The second-order valence-electron chi connectivity index (χ2n) is 5.54. The van der Waals surface area contributed by atoms with Crippen LogP contribution in [-0.4, -0.2) is 18.0 Å². The molecule has 2 aromatic carbocycles. The topological polar surface area (TPSA) is 29.3 Å². The van der Waals surface area contributed by atoms with Crippen molar-refractivity contribution in [1.29, 1.82) is 0 Å². The van der Waals surface area contributed by atoms with E-state index in [0.29, 0.717) is 0 Å². The minimum atomic E-state index is 0.0247. The molecule has 1 aliphatic rings. The van der Waals surface area contributed by atoms with Crippen LogP contribution in [0.25, 0.3) is 0 Å². The highest BCUT2D eigenvalue weighted by Gasteiger charge is 2.29. The van der Waals surface area contributed by atoms with Crippen LogP contribution in [0.3, 0.4) is 0 Å². The molecular formula is C18H22N2. The summed E-state index contributed by atoms with van der Waals surface area (Å²) in [7, 11) is 0. The Bertz CT molecular complexity index is 518. The van der Waals surface area contributed by atoms with Gasteiger partial charge in [-0.2, -0.15) is 0 Å². The van der Waals surface area contributed by atoms with Crippen molar-refractivity contribution in [2.75, 3.05) is 13.1 Å². The molecule has 2 heteroatoms. The SMILES string of the molecule is NC(c1ccccc1)C(c1ccccc1)N1CCCC1. The first-order valence-corrected chi connectivity index (χ1v) is 7.46. The van der Waals surface area contributed by atoms with E-state index in [4.69, 9.17) is 5.73 Å². The summed E-state index contributed by atoms with van der Waals surface area (Å²) in [6.07, 6.45) is 2.57. The van der Waals surface area contributed by atoms with Gasteiger partial charge in [0.1, 0.15) is 0 Å². The van der Waals surface area contributed by atoms with Gasteiger partial charge in [0.15, 0.2) is 0 Å². The molecule has 0 spiro atoms. The Morgan fingerprint density at radius 2 is 1.25 bits per heavy atom. The molecule has 0 aliphatic carbocycles. The molecule has 1 heterocycles. The van der Waals surface area contributed by atoms with Gasteiger partial charge < -0.3 is 5.73 Å². The molecule has 1 fully saturated rings. The smallest absolute Gasteiger partial charge is 0.0541 e. The molecule has 20 heavy (non-hydrogen) atoms. The molecule has 0 aromatic heterocycles. The quantitative estimate of drug-likeness (QED) is 0.917. The highest BCUT2D eigenvalue weighted by atomic mass is 15.2. The van der Waals surface area contributed by atoms with E-state index in [1.807, 2.05) is 6.07 Å². The van der Waals surface area contributed by atoms with Gasteiger partial charge in [-0.1, -0.05) is 60.7 Å². The third-order valence-corrected chi connectivity index (χ3v) is 4.20. The summed E-state index contributed by atoms with van der Waals surface area (Å²) in [5.41, 5.74) is 9.15. The predicted octanol–water partition coefficient (Wildman–Crippen LogP) is 3.52. The second-order valence-corrected chi connectivity index (χ2v) is 5.54. The van der Waals surface area contributed by atoms with Crippen LogP contribution in [0.4, 0.5) is 0 Å². The van der Waals surface area contributed by atoms with Crippen LogP contribution in [0.2, 0.25) is 0 Å². The number of hydrogen-bond donors (Lipinski definition) is 1. The molecule has 104 valence electrons. The van der Waals surface area contributed by atoms with Gasteiger partial charge in [0.2, 0.25) is 0 Å². The molecule has 2 N–H and O–H groups in total. The molecule has 3 rings (SSSR count). The number of nitrogens with zero attached hydrogens (tertiary/aromatic N) is 1. The van der Waals surface area contributed by atoms with Crippen molar-refractivity contribution in [3.8, 4) is 0 Å². The maximum absolute atomic E-state index is 6.61. The number of likely N-dealkylation sites (tertiary alicyclic amines) is 1. The Labute approximate surface area is 121 Å². The molecule has 0 radical (unpaired) electrons. The van der Waals surface area contributed by atoms with Crippen molar-refractivity contribution >= 4 is 0 Å². The largest absolute Gasteiger partial charge is 0.322 e. The maximum Gasteiger partial charge on any atom is 0.0541 e. The van der Waals surface area contributed by atoms with Crippen LogP contribution in [0.5, 0.6) is 0 Å². The second kappa shape index (κ2) is 6.21. The van der Waals surface area contributed by atoms with E-state index in [-0.39, 0.29) is 12.1 Å². The summed E-state index contributed by atoms with van der Waals surface area (Å²) in [4.78, 5) is 2.53. The summed E-state index contributed by atoms with van der Waals surface area (Å²) in [6.45, 7) is 2.31. The zero-order valence-electron chi connectivity index (χ0n) is 11.8. The minimum absolute atomic E-state index is 0.0247. The van der Waals surface area contributed by atoms with Crippen LogP contribution < -0.4 is 5.73 Å². The average molecular weight is 266 g/mol. The predicted molar refractivity (Wildman–Crippen MR) is 83.4 cm³/mol. The van der Waals surface area contributed by atoms with Crippen molar-refractivity contribution in [2.45, 2.75) is 24.9 Å². The number of hydrogen-bond acceptors (Lipinski definition) is 2. The van der Waals surface area contributed by atoms with Crippen LogP contribution in [0.15, 0.2) is 60.7 Å². The van der Waals surface area contributed by atoms with E-state index in [1.54, 1.807) is 0 Å². The normalized spacial score (nSPS) is 18.9. The lowest BCUT2D eigenvalue weighted by molar-refractivity contribution is 0.213. The summed E-state index contributed by atoms with van der Waals surface area (Å²) >= 11 is 0. The highest BCUT2D eigenvalue weighted by molar-refractivity contribution is 5.27. The molecule has 2 aromatic rings. The molecule has 0 amide bonds. The summed E-state index contributed by atoms with van der Waals surface area (Å²) in [5.74, 6) is 0. The van der Waals surface area contributed by atoms with Crippen molar-refractivity contribution in [3.05, 3.63) is 71.8 Å². The molecule has 1 aliphatic heterocycles. The molecule has 2 nitrogen and oxygen atoms in total. The molecular weight excluding hydrogens is 244 g/mol. The third kappa shape index (κ3) is 2.77. The van der Waals surface area contributed by atoms with Crippen molar-refractivity contribution in [2.24, 2.45) is 5.73 Å². The van der Waals surface area contributed by atoms with Crippen molar-refractivity contribution in [1.82, 2.24) is 4.90 Å². The lowest BCUT2D eigenvalue weighted by Crippen LogP contribution is -2.34. The Kier molecular flexibility index (Phi) is 4.14. The standard InChI is InChI=1S/C18H22N2/c19-17(15-9-3-1-4-10-15)18(20-13-7-8-14-20)16-11-5-2-6-12-16/h1-6,9-12,17-18H,7-8,13-14,19H2. The van der Waals surface area contributed by atoms with Gasteiger partial charge in [0.25, 0.3) is 0 Å². The Balaban J connectivity index is 1.93. The first-order chi connectivity index (χ1) is 9.86. The van der Waals surface area contributed by atoms with E-state index in [2.05, 4.69) is 59.5 Å². The maximum atomic E-state index is 6.61. The zero-order chi connectivity index (χ0) is 13.8. The van der Waals surface area contributed by atoms with Crippen LogP contribution >= 0.6 is 0 Å². The lowest BCUT2D eigenvalue weighted by atomic mass is 9.93. The van der Waals surface area contributed by atoms with Crippen LogP contribution in [0.1, 0.15) is 36.1 Å². The Hall–Kier alpha value is -1.64. The summed E-state index contributed by atoms with van der Waals surface area (Å²) < 4.78 is 0. The summed E-state index contributed by atoms with van der Waals surface area (Å²) in [5, 5.41) is 0. The third-order valence-electron chi connectivity index (χ3n) is 4.20. The zero-order valence-corrected chi connectivity index (χ0v) is 11.8. The first kappa shape index (κ1) is 13.3. The Morgan fingerprint density at radius 1 is 0.750 bits per heavy atom. The number of nitrogens with two attached hydrogens (primary N) is 1. The Morgan fingerprint density at radius 3 is 1.80 bits per heavy atom. The molecule has 0 saturated carbocycles. The fraction of sp³-hybridized carbons (Fsp3) is 0.333. The molecule has 0 bridgehead atoms. The van der Waals surface area contributed by atoms with Gasteiger partial charge in [-0.05, 0) is 37.1 Å². The fourth-order valence-electron chi connectivity index (χ4n) is 3.17. The van der Waals surface area contributed by atoms with Crippen molar-refractivity contribution in [3.63, 3.8) is 0 Å². The summed E-state index contributed by atoms with van der Waals surface area (Å²) in [6, 6.07) is 21.4. The van der Waals surface area contributed by atoms with Gasteiger partial charge in [0, 0.05) is 6.04 Å². The minimum Gasteiger partial charge on any atom is -0.322 e. The number of benzene rings is 2. The van der Waals surface area contributed by atoms with Crippen LogP contribution in [0, 0.1) is 0 Å². The van der Waals surface area contributed by atoms with E-state index < -0.39 is 0 Å². The van der Waals surface area contributed by atoms with E-state index >= 15 is 0 Å².